The minimum absolute atomic E-state index is 0.158. The van der Waals surface area contributed by atoms with Crippen molar-refractivity contribution in [3.8, 4) is 0 Å². The molecular weight excluding hydrogens is 288 g/mol. The third-order valence-electron chi connectivity index (χ3n) is 4.49. The molecule has 1 aliphatic rings. The molecule has 3 rings (SSSR count). The van der Waals surface area contributed by atoms with E-state index in [0.29, 0.717) is 10.6 Å². The third-order valence-corrected chi connectivity index (χ3v) is 4.49. The van der Waals surface area contributed by atoms with E-state index in [1.54, 1.807) is 18.2 Å². The number of nitrogens with zero attached hydrogens (tertiary/aromatic N) is 2. The Labute approximate surface area is 137 Å². The smallest absolute Gasteiger partial charge is 0.319 e. The average Bonchev–Trinajstić information content (AvgIpc) is 2.57. The summed E-state index contributed by atoms with van der Waals surface area (Å²) < 4.78 is 0.659. The van der Waals surface area contributed by atoms with Crippen LogP contribution in [0.3, 0.4) is 0 Å². The Balaban J connectivity index is 1.67. The fourth-order valence-electron chi connectivity index (χ4n) is 3.23. The molecule has 1 amide bonds. The van der Waals surface area contributed by atoms with Crippen LogP contribution in [0.5, 0.6) is 0 Å². The Kier molecular flexibility index (Phi) is 4.60. The number of hydrogen-bond acceptors (Lipinski definition) is 2. The van der Waals surface area contributed by atoms with E-state index >= 15 is 0 Å². The van der Waals surface area contributed by atoms with Gasteiger partial charge in [0.15, 0.2) is 6.20 Å². The summed E-state index contributed by atoms with van der Waals surface area (Å²) in [6.07, 6.45) is 4.48. The minimum atomic E-state index is -0.158. The van der Waals surface area contributed by atoms with Gasteiger partial charge in [-0.05, 0) is 43.7 Å². The van der Waals surface area contributed by atoms with Gasteiger partial charge in [0, 0.05) is 25.2 Å². The first-order chi connectivity index (χ1) is 11.1. The second-order valence-corrected chi connectivity index (χ2v) is 6.36. The zero-order valence-electron chi connectivity index (χ0n) is 13.4. The van der Waals surface area contributed by atoms with Crippen LogP contribution in [0.25, 0.3) is 0 Å². The number of aryl methyl sites for hydroxylation is 1. The van der Waals surface area contributed by atoms with E-state index < -0.39 is 0 Å². The number of aromatic nitrogens is 1. The Morgan fingerprint density at radius 2 is 2.04 bits per heavy atom. The lowest BCUT2D eigenvalue weighted by molar-refractivity contribution is -0.608. The quantitative estimate of drug-likeness (QED) is 0.646. The van der Waals surface area contributed by atoms with Crippen molar-refractivity contribution in [2.24, 2.45) is 5.92 Å². The number of piperidine rings is 1. The molecule has 2 heterocycles. The molecule has 23 heavy (non-hydrogen) atoms. The number of amides is 1. The van der Waals surface area contributed by atoms with Crippen molar-refractivity contribution in [3.63, 3.8) is 0 Å². The number of rotatable bonds is 3. The molecule has 4 nitrogen and oxygen atoms in total. The molecule has 0 unspecified atom stereocenters. The highest BCUT2D eigenvalue weighted by Crippen LogP contribution is 2.22. The lowest BCUT2D eigenvalue weighted by atomic mass is 9.91. The van der Waals surface area contributed by atoms with Crippen LogP contribution in [0, 0.1) is 18.0 Å². The first kappa shape index (κ1) is 15.5. The summed E-state index contributed by atoms with van der Waals surface area (Å²) in [5.74, 6) is 0.299. The van der Waals surface area contributed by atoms with E-state index in [1.165, 1.54) is 17.3 Å². The Morgan fingerprint density at radius 3 is 2.78 bits per heavy atom. The van der Waals surface area contributed by atoms with Crippen LogP contribution in [-0.4, -0.2) is 23.9 Å². The van der Waals surface area contributed by atoms with Crippen LogP contribution in [0.15, 0.2) is 48.7 Å². The fourth-order valence-corrected chi connectivity index (χ4v) is 3.23. The third kappa shape index (κ3) is 3.70. The molecule has 2 aromatic rings. The highest BCUT2D eigenvalue weighted by Gasteiger charge is 2.28. The molecule has 1 aromatic heterocycles. The SMILES string of the molecule is Cc1ccc(C[C@@H]2CCCN(C(=O)c3cccc[n+]3[O-])C2)cc1. The van der Waals surface area contributed by atoms with Gasteiger partial charge >= 0.3 is 5.91 Å². The molecule has 1 aliphatic heterocycles. The average molecular weight is 310 g/mol. The molecule has 120 valence electrons. The molecule has 4 heteroatoms. The van der Waals surface area contributed by atoms with E-state index in [2.05, 4.69) is 31.2 Å². The van der Waals surface area contributed by atoms with Crippen molar-refractivity contribution in [2.75, 3.05) is 13.1 Å². The largest absolute Gasteiger partial charge is 0.618 e. The van der Waals surface area contributed by atoms with Crippen LogP contribution in [0.4, 0.5) is 0 Å². The van der Waals surface area contributed by atoms with E-state index in [1.807, 2.05) is 4.90 Å². The van der Waals surface area contributed by atoms with Crippen molar-refractivity contribution >= 4 is 5.91 Å². The lowest BCUT2D eigenvalue weighted by Crippen LogP contribution is -2.45. The number of carbonyl (C=O) groups is 1. The summed E-state index contributed by atoms with van der Waals surface area (Å²) in [5, 5.41) is 11.8. The Bertz CT molecular complexity index is 682. The van der Waals surface area contributed by atoms with Gasteiger partial charge in [-0.2, -0.15) is 4.73 Å². The van der Waals surface area contributed by atoms with Crippen molar-refractivity contribution in [2.45, 2.75) is 26.2 Å². The summed E-state index contributed by atoms with van der Waals surface area (Å²) in [6.45, 7) is 3.54. The Hall–Kier alpha value is -2.36. The summed E-state index contributed by atoms with van der Waals surface area (Å²) >= 11 is 0. The van der Waals surface area contributed by atoms with Gasteiger partial charge < -0.3 is 10.1 Å². The van der Waals surface area contributed by atoms with Crippen LogP contribution in [0.2, 0.25) is 0 Å². The predicted molar refractivity (Wildman–Crippen MR) is 88.9 cm³/mol. The summed E-state index contributed by atoms with van der Waals surface area (Å²) in [7, 11) is 0. The van der Waals surface area contributed by atoms with Gasteiger partial charge in [0.05, 0.1) is 0 Å². The fraction of sp³-hybridized carbons (Fsp3) is 0.368. The standard InChI is InChI=1S/C19H22N2O2/c1-15-7-9-16(10-8-15)13-17-5-4-11-20(14-17)19(22)18-6-2-3-12-21(18)23/h2-3,6-10,12,17H,4-5,11,13-14H2,1H3/t17-/m0/s1. The van der Waals surface area contributed by atoms with E-state index in [9.17, 15) is 10.0 Å². The topological polar surface area (TPSA) is 47.2 Å². The number of likely N-dealkylation sites (tertiary alicyclic amines) is 1. The second-order valence-electron chi connectivity index (χ2n) is 6.36. The molecule has 1 atom stereocenters. The molecule has 0 saturated carbocycles. The maximum absolute atomic E-state index is 12.6. The Morgan fingerprint density at radius 1 is 1.26 bits per heavy atom. The van der Waals surface area contributed by atoms with Gasteiger partial charge in [-0.1, -0.05) is 29.8 Å². The lowest BCUT2D eigenvalue weighted by Gasteiger charge is -2.32. The molecule has 0 bridgehead atoms. The van der Waals surface area contributed by atoms with Gasteiger partial charge in [-0.25, -0.2) is 0 Å². The van der Waals surface area contributed by atoms with Crippen molar-refractivity contribution in [3.05, 3.63) is 70.7 Å². The number of benzene rings is 1. The van der Waals surface area contributed by atoms with E-state index in [0.717, 1.165) is 32.4 Å². The van der Waals surface area contributed by atoms with E-state index in [4.69, 9.17) is 0 Å². The van der Waals surface area contributed by atoms with E-state index in [-0.39, 0.29) is 11.6 Å². The van der Waals surface area contributed by atoms with Crippen LogP contribution in [0.1, 0.15) is 34.5 Å². The van der Waals surface area contributed by atoms with Crippen LogP contribution < -0.4 is 4.73 Å². The number of carbonyl (C=O) groups excluding carboxylic acids is 1. The zero-order valence-corrected chi connectivity index (χ0v) is 13.4. The molecule has 1 saturated heterocycles. The van der Waals surface area contributed by atoms with Crippen molar-refractivity contribution < 1.29 is 9.52 Å². The minimum Gasteiger partial charge on any atom is -0.618 e. The van der Waals surface area contributed by atoms with Gasteiger partial charge in [-0.15, -0.1) is 0 Å². The maximum Gasteiger partial charge on any atom is 0.319 e. The molecule has 0 N–H and O–H groups in total. The van der Waals surface area contributed by atoms with Gasteiger partial charge in [0.1, 0.15) is 0 Å². The highest BCUT2D eigenvalue weighted by atomic mass is 16.5. The van der Waals surface area contributed by atoms with Gasteiger partial charge in [0.2, 0.25) is 0 Å². The molecule has 0 spiro atoms. The summed E-state index contributed by atoms with van der Waals surface area (Å²) in [4.78, 5) is 14.4. The highest BCUT2D eigenvalue weighted by molar-refractivity contribution is 5.91. The first-order valence-electron chi connectivity index (χ1n) is 8.16. The van der Waals surface area contributed by atoms with Gasteiger partial charge in [-0.3, -0.25) is 4.79 Å². The van der Waals surface area contributed by atoms with Crippen molar-refractivity contribution in [1.82, 2.24) is 4.90 Å². The maximum atomic E-state index is 12.6. The van der Waals surface area contributed by atoms with Gasteiger partial charge in [0.25, 0.3) is 5.69 Å². The normalized spacial score (nSPS) is 18.0. The summed E-state index contributed by atoms with van der Waals surface area (Å²) in [5.41, 5.74) is 2.79. The molecule has 0 radical (unpaired) electrons. The number of pyridine rings is 1. The predicted octanol–water partition coefficient (Wildman–Crippen LogP) is 2.72. The second kappa shape index (κ2) is 6.82. The molecular formula is C19H22N2O2. The number of hydrogen-bond donors (Lipinski definition) is 0. The summed E-state index contributed by atoms with van der Waals surface area (Å²) in [6, 6.07) is 13.6. The van der Waals surface area contributed by atoms with Crippen molar-refractivity contribution in [1.29, 1.82) is 0 Å². The molecule has 0 aliphatic carbocycles. The monoisotopic (exact) mass is 310 g/mol. The van der Waals surface area contributed by atoms with Crippen LogP contribution in [-0.2, 0) is 6.42 Å². The zero-order chi connectivity index (χ0) is 16.2. The first-order valence-corrected chi connectivity index (χ1v) is 8.16. The van der Waals surface area contributed by atoms with Crippen LogP contribution >= 0.6 is 0 Å². The molecule has 1 aromatic carbocycles. The molecule has 1 fully saturated rings.